The number of amidine groups is 1. The van der Waals surface area contributed by atoms with Crippen LogP contribution in [0.3, 0.4) is 0 Å². The second-order valence-corrected chi connectivity index (χ2v) is 8.19. The third kappa shape index (κ3) is 5.61. The summed E-state index contributed by atoms with van der Waals surface area (Å²) in [5.74, 6) is -0.0324. The zero-order valence-electron chi connectivity index (χ0n) is 17.6. The Balaban J connectivity index is 1.56. The third-order valence-corrected chi connectivity index (χ3v) is 6.24. The van der Waals surface area contributed by atoms with Crippen molar-refractivity contribution in [3.8, 4) is 0 Å². The summed E-state index contributed by atoms with van der Waals surface area (Å²) < 4.78 is 0. The monoisotopic (exact) mass is 429 g/mol. The van der Waals surface area contributed by atoms with Gasteiger partial charge >= 0.3 is 0 Å². The maximum absolute atomic E-state index is 13.2. The van der Waals surface area contributed by atoms with Crippen LogP contribution in [0.5, 0.6) is 0 Å². The van der Waals surface area contributed by atoms with Crippen LogP contribution in [-0.4, -0.2) is 59.2 Å². The van der Waals surface area contributed by atoms with E-state index in [1.165, 1.54) is 6.42 Å². The van der Waals surface area contributed by atoms with Gasteiger partial charge in [-0.15, -0.1) is 0 Å². The molecule has 1 aromatic carbocycles. The number of benzene rings is 1. The van der Waals surface area contributed by atoms with Crippen molar-refractivity contribution in [3.63, 3.8) is 0 Å². The number of nitrogens with zero attached hydrogens (tertiary/aromatic N) is 2. The highest BCUT2D eigenvalue weighted by molar-refractivity contribution is 5.97. The van der Waals surface area contributed by atoms with Crippen molar-refractivity contribution in [2.24, 2.45) is 16.8 Å². The normalized spacial score (nSPS) is 20.6. The molecule has 0 spiro atoms. The van der Waals surface area contributed by atoms with Crippen LogP contribution >= 0.6 is 0 Å². The van der Waals surface area contributed by atoms with Crippen LogP contribution in [0.4, 0.5) is 0 Å². The Hall–Kier alpha value is -2.94. The second kappa shape index (κ2) is 10.9. The number of oxime groups is 1. The van der Waals surface area contributed by atoms with E-state index in [-0.39, 0.29) is 30.1 Å². The molecule has 0 bridgehead atoms. The lowest BCUT2D eigenvalue weighted by Gasteiger charge is -2.43. The van der Waals surface area contributed by atoms with Crippen molar-refractivity contribution in [1.82, 2.24) is 15.5 Å². The van der Waals surface area contributed by atoms with Gasteiger partial charge in [0.25, 0.3) is 0 Å². The van der Waals surface area contributed by atoms with E-state index >= 15 is 0 Å². The maximum Gasteiger partial charge on any atom is 0.243 e. The van der Waals surface area contributed by atoms with Gasteiger partial charge in [-0.3, -0.25) is 14.9 Å². The molecule has 2 atom stereocenters. The van der Waals surface area contributed by atoms with Gasteiger partial charge < -0.3 is 26.0 Å². The molecule has 2 amide bonds. The molecule has 31 heavy (non-hydrogen) atoms. The highest BCUT2D eigenvalue weighted by atomic mass is 16.4. The van der Waals surface area contributed by atoms with Gasteiger partial charge in [-0.05, 0) is 30.7 Å². The molecule has 3 rings (SSSR count). The molecule has 0 unspecified atom stereocenters. The first-order valence-corrected chi connectivity index (χ1v) is 10.9. The molecular formula is C22H31N5O4. The number of nitrogens with two attached hydrogens (primary N) is 1. The topological polar surface area (TPSA) is 137 Å². The quantitative estimate of drug-likeness (QED) is 0.150. The van der Waals surface area contributed by atoms with Crippen molar-refractivity contribution in [2.75, 3.05) is 13.1 Å². The summed E-state index contributed by atoms with van der Waals surface area (Å²) >= 11 is 0. The van der Waals surface area contributed by atoms with Crippen molar-refractivity contribution in [3.05, 3.63) is 35.4 Å². The first-order valence-electron chi connectivity index (χ1n) is 10.9. The van der Waals surface area contributed by atoms with Crippen LogP contribution in [0.15, 0.2) is 29.4 Å². The van der Waals surface area contributed by atoms with E-state index in [1.54, 1.807) is 29.2 Å². The number of amides is 2. The minimum absolute atomic E-state index is 0.0231. The molecule has 1 saturated heterocycles. The standard InChI is InChI=1S/C22H31N5O4/c23-20(26-31)17-8-6-15(7-9-17)14-25-21(29)18-10-12-27(18)22(30)19(24-11-13-28)16-4-2-1-3-5-16/h6-9,13,16,18-19,24,31H,1-5,10-12,14H2,(H2,23,26)(H,25,29)/t18-,19+/m0/s1. The number of hydrogen-bond acceptors (Lipinski definition) is 6. The highest BCUT2D eigenvalue weighted by Crippen LogP contribution is 2.29. The van der Waals surface area contributed by atoms with Crippen molar-refractivity contribution in [1.29, 1.82) is 0 Å². The molecule has 1 saturated carbocycles. The van der Waals surface area contributed by atoms with Crippen molar-refractivity contribution in [2.45, 2.75) is 57.2 Å². The van der Waals surface area contributed by atoms with Gasteiger partial charge in [0.2, 0.25) is 11.8 Å². The average molecular weight is 430 g/mol. The summed E-state index contributed by atoms with van der Waals surface area (Å²) in [4.78, 5) is 38.4. The number of carbonyl (C=O) groups is 3. The lowest BCUT2D eigenvalue weighted by atomic mass is 9.82. The van der Waals surface area contributed by atoms with E-state index < -0.39 is 12.1 Å². The van der Waals surface area contributed by atoms with Crippen LogP contribution < -0.4 is 16.4 Å². The summed E-state index contributed by atoms with van der Waals surface area (Å²) in [5, 5.41) is 17.7. The summed E-state index contributed by atoms with van der Waals surface area (Å²) in [6, 6.07) is 6.12. The Kier molecular flexibility index (Phi) is 8.00. The van der Waals surface area contributed by atoms with E-state index in [2.05, 4.69) is 15.8 Å². The van der Waals surface area contributed by atoms with Gasteiger partial charge in [-0.25, -0.2) is 0 Å². The first-order chi connectivity index (χ1) is 15.0. The number of hydrogen-bond donors (Lipinski definition) is 4. The van der Waals surface area contributed by atoms with Crippen LogP contribution in [-0.2, 0) is 20.9 Å². The molecule has 0 aromatic heterocycles. The van der Waals surface area contributed by atoms with E-state index in [9.17, 15) is 14.4 Å². The molecule has 9 heteroatoms. The Morgan fingerprint density at radius 3 is 2.48 bits per heavy atom. The maximum atomic E-state index is 13.2. The SMILES string of the molecule is NC(=NO)c1ccc(CNC(=O)[C@@H]2CCN2C(=O)[C@H](NCC=O)C2CCCCC2)cc1. The summed E-state index contributed by atoms with van der Waals surface area (Å²) in [5.41, 5.74) is 7.01. The van der Waals surface area contributed by atoms with Gasteiger partial charge in [0, 0.05) is 18.7 Å². The fraction of sp³-hybridized carbons (Fsp3) is 0.545. The number of aldehydes is 1. The molecule has 168 valence electrons. The van der Waals surface area contributed by atoms with Gasteiger partial charge in [0.05, 0.1) is 12.6 Å². The Labute approximate surface area is 182 Å². The number of carbonyl (C=O) groups excluding carboxylic acids is 3. The largest absolute Gasteiger partial charge is 0.409 e. The predicted molar refractivity (Wildman–Crippen MR) is 115 cm³/mol. The van der Waals surface area contributed by atoms with Crippen molar-refractivity contribution < 1.29 is 19.6 Å². The zero-order valence-corrected chi connectivity index (χ0v) is 17.6. The van der Waals surface area contributed by atoms with Crippen LogP contribution in [0, 0.1) is 5.92 Å². The van der Waals surface area contributed by atoms with Gasteiger partial charge in [0.15, 0.2) is 5.84 Å². The molecule has 2 aliphatic rings. The fourth-order valence-electron chi connectivity index (χ4n) is 4.36. The molecule has 1 aromatic rings. The third-order valence-electron chi connectivity index (χ3n) is 6.24. The molecular weight excluding hydrogens is 398 g/mol. The number of nitrogens with one attached hydrogen (secondary N) is 2. The zero-order chi connectivity index (χ0) is 22.2. The molecule has 1 aliphatic heterocycles. The first kappa shape index (κ1) is 22.7. The molecule has 1 aliphatic carbocycles. The van der Waals surface area contributed by atoms with Gasteiger partial charge in [-0.2, -0.15) is 0 Å². The predicted octanol–water partition coefficient (Wildman–Crippen LogP) is 0.736. The fourth-order valence-corrected chi connectivity index (χ4v) is 4.36. The van der Waals surface area contributed by atoms with E-state index in [0.29, 0.717) is 25.1 Å². The van der Waals surface area contributed by atoms with Gasteiger partial charge in [-0.1, -0.05) is 48.7 Å². The Morgan fingerprint density at radius 2 is 1.90 bits per heavy atom. The molecule has 1 heterocycles. The lowest BCUT2D eigenvalue weighted by Crippen LogP contribution is -2.63. The molecule has 5 N–H and O–H groups in total. The van der Waals surface area contributed by atoms with Crippen LogP contribution in [0.2, 0.25) is 0 Å². The summed E-state index contributed by atoms with van der Waals surface area (Å²) in [7, 11) is 0. The highest BCUT2D eigenvalue weighted by Gasteiger charge is 2.42. The smallest absolute Gasteiger partial charge is 0.243 e. The van der Waals surface area contributed by atoms with E-state index in [0.717, 1.165) is 37.5 Å². The second-order valence-electron chi connectivity index (χ2n) is 8.19. The lowest BCUT2D eigenvalue weighted by molar-refractivity contribution is -0.150. The Morgan fingerprint density at radius 1 is 1.19 bits per heavy atom. The molecule has 2 fully saturated rings. The molecule has 9 nitrogen and oxygen atoms in total. The number of rotatable bonds is 9. The van der Waals surface area contributed by atoms with E-state index in [1.807, 2.05) is 0 Å². The minimum atomic E-state index is -0.479. The molecule has 0 radical (unpaired) electrons. The van der Waals surface area contributed by atoms with Crippen LogP contribution in [0.1, 0.15) is 49.7 Å². The average Bonchev–Trinajstić information content (AvgIpc) is 2.77. The van der Waals surface area contributed by atoms with E-state index in [4.69, 9.17) is 10.9 Å². The van der Waals surface area contributed by atoms with Crippen LogP contribution in [0.25, 0.3) is 0 Å². The summed E-state index contributed by atoms with van der Waals surface area (Å²) in [6.07, 6.45) is 6.70. The Bertz CT molecular complexity index is 805. The van der Waals surface area contributed by atoms with Gasteiger partial charge in [0.1, 0.15) is 12.3 Å². The minimum Gasteiger partial charge on any atom is -0.409 e. The summed E-state index contributed by atoms with van der Waals surface area (Å²) in [6.45, 7) is 1.01. The van der Waals surface area contributed by atoms with Crippen molar-refractivity contribution >= 4 is 23.9 Å². The number of likely N-dealkylation sites (tertiary alicyclic amines) is 1.